The van der Waals surface area contributed by atoms with Crippen LogP contribution in [0.15, 0.2) is 22.2 Å². The van der Waals surface area contributed by atoms with Crippen molar-refractivity contribution in [3.63, 3.8) is 0 Å². The predicted octanol–water partition coefficient (Wildman–Crippen LogP) is 2.79. The van der Waals surface area contributed by atoms with Gasteiger partial charge in [0.05, 0.1) is 12.5 Å². The van der Waals surface area contributed by atoms with Crippen LogP contribution in [0.2, 0.25) is 0 Å². The molecule has 0 spiro atoms. The third-order valence-electron chi connectivity index (χ3n) is 5.27. The van der Waals surface area contributed by atoms with E-state index in [1.165, 1.54) is 13.3 Å². The van der Waals surface area contributed by atoms with Gasteiger partial charge >= 0.3 is 5.97 Å². The maximum Gasteiger partial charge on any atom is 0.343 e. The highest BCUT2D eigenvalue weighted by Crippen LogP contribution is 2.37. The predicted molar refractivity (Wildman–Crippen MR) is 99.9 cm³/mol. The summed E-state index contributed by atoms with van der Waals surface area (Å²) in [4.78, 5) is 33.7. The van der Waals surface area contributed by atoms with Crippen molar-refractivity contribution in [2.75, 3.05) is 31.6 Å². The third-order valence-corrected chi connectivity index (χ3v) is 5.27. The second kappa shape index (κ2) is 7.12. The van der Waals surface area contributed by atoms with Crippen molar-refractivity contribution in [1.29, 1.82) is 0 Å². The number of azide groups is 1. The summed E-state index contributed by atoms with van der Waals surface area (Å²) in [5, 5.41) is 3.67. The number of ether oxygens (including phenoxy) is 1. The smallest absolute Gasteiger partial charge is 0.343 e. The van der Waals surface area contributed by atoms with Crippen molar-refractivity contribution in [2.24, 2.45) is 11.0 Å². The molecule has 0 radical (unpaired) electrons. The summed E-state index contributed by atoms with van der Waals surface area (Å²) in [6.45, 7) is 1.48. The Bertz CT molecular complexity index is 1060. The number of pyridine rings is 2. The highest BCUT2D eigenvalue weighted by Gasteiger charge is 2.30. The number of esters is 1. The first-order chi connectivity index (χ1) is 13.5. The van der Waals surface area contributed by atoms with Gasteiger partial charge in [-0.15, -0.1) is 0 Å². The molecule has 9 nitrogen and oxygen atoms in total. The van der Waals surface area contributed by atoms with Gasteiger partial charge in [-0.1, -0.05) is 5.11 Å². The minimum atomic E-state index is -0.744. The molecule has 1 unspecified atom stereocenters. The Morgan fingerprint density at radius 2 is 2.25 bits per heavy atom. The van der Waals surface area contributed by atoms with Gasteiger partial charge in [0, 0.05) is 36.8 Å². The molecule has 1 saturated carbocycles. The van der Waals surface area contributed by atoms with E-state index in [1.54, 1.807) is 4.57 Å². The number of hydrogen-bond donors (Lipinski definition) is 0. The summed E-state index contributed by atoms with van der Waals surface area (Å²) in [5.74, 6) is -1.04. The Hall–Kier alpha value is -3.13. The maximum absolute atomic E-state index is 14.8. The van der Waals surface area contributed by atoms with Gasteiger partial charge in [-0.2, -0.15) is 0 Å². The summed E-state index contributed by atoms with van der Waals surface area (Å²) in [6, 6.07) is 1.29. The van der Waals surface area contributed by atoms with Crippen molar-refractivity contribution in [1.82, 2.24) is 9.55 Å². The zero-order valence-electron chi connectivity index (χ0n) is 15.3. The van der Waals surface area contributed by atoms with E-state index in [-0.39, 0.29) is 28.7 Å². The molecule has 1 saturated heterocycles. The molecule has 146 valence electrons. The Morgan fingerprint density at radius 1 is 1.46 bits per heavy atom. The van der Waals surface area contributed by atoms with E-state index < -0.39 is 17.2 Å². The molecule has 0 aromatic carbocycles. The number of rotatable bonds is 5. The van der Waals surface area contributed by atoms with E-state index in [4.69, 9.17) is 10.3 Å². The van der Waals surface area contributed by atoms with Crippen LogP contribution in [0.25, 0.3) is 21.5 Å². The zero-order chi connectivity index (χ0) is 19.8. The number of carbonyl (C=O) groups is 1. The Labute approximate surface area is 159 Å². The molecule has 3 heterocycles. The third kappa shape index (κ3) is 3.16. The van der Waals surface area contributed by atoms with Gasteiger partial charge in [-0.25, -0.2) is 14.2 Å². The van der Waals surface area contributed by atoms with E-state index in [9.17, 15) is 14.0 Å². The number of hydrogen-bond acceptors (Lipinski definition) is 6. The summed E-state index contributed by atoms with van der Waals surface area (Å²) in [7, 11) is 1.20. The van der Waals surface area contributed by atoms with Gasteiger partial charge < -0.3 is 14.2 Å². The van der Waals surface area contributed by atoms with Crippen LogP contribution in [-0.2, 0) is 4.74 Å². The van der Waals surface area contributed by atoms with Crippen LogP contribution in [0, 0.1) is 11.7 Å². The highest BCUT2D eigenvalue weighted by molar-refractivity contribution is 5.93. The van der Waals surface area contributed by atoms with E-state index in [0.717, 1.165) is 25.3 Å². The fraction of sp³-hybridized carbons (Fsp3) is 0.500. The largest absolute Gasteiger partial charge is 0.465 e. The number of methoxy groups -OCH3 is 1. The molecule has 1 aliphatic carbocycles. The number of carbonyl (C=O) groups excluding carboxylic acids is 1. The lowest BCUT2D eigenvalue weighted by atomic mass is 10.1. The Balaban J connectivity index is 1.80. The van der Waals surface area contributed by atoms with Crippen LogP contribution in [-0.4, -0.2) is 42.3 Å². The van der Waals surface area contributed by atoms with Crippen molar-refractivity contribution in [3.8, 4) is 0 Å². The summed E-state index contributed by atoms with van der Waals surface area (Å²) >= 11 is 0. The van der Waals surface area contributed by atoms with Gasteiger partial charge in [0.1, 0.15) is 11.2 Å². The minimum absolute atomic E-state index is 0.0703. The summed E-state index contributed by atoms with van der Waals surface area (Å²) in [6.07, 6.45) is 4.06. The molecule has 4 rings (SSSR count). The quantitative estimate of drug-likeness (QED) is 0.339. The molecular formula is C18H19FN6O3. The van der Waals surface area contributed by atoms with Gasteiger partial charge in [0.25, 0.3) is 0 Å². The van der Waals surface area contributed by atoms with Crippen molar-refractivity contribution >= 4 is 22.8 Å². The molecule has 2 aromatic rings. The normalized spacial score (nSPS) is 18.9. The van der Waals surface area contributed by atoms with Crippen molar-refractivity contribution in [3.05, 3.63) is 44.3 Å². The first-order valence-electron chi connectivity index (χ1n) is 9.13. The van der Waals surface area contributed by atoms with Crippen molar-refractivity contribution in [2.45, 2.75) is 25.3 Å². The number of fused-ring (bicyclic) bond motifs is 1. The van der Waals surface area contributed by atoms with Gasteiger partial charge in [0.2, 0.25) is 5.43 Å². The van der Waals surface area contributed by atoms with Gasteiger partial charge in [-0.3, -0.25) is 4.79 Å². The van der Waals surface area contributed by atoms with Crippen LogP contribution in [0.1, 0.15) is 35.7 Å². The Kier molecular flexibility index (Phi) is 4.64. The molecule has 0 amide bonds. The van der Waals surface area contributed by atoms with Crippen molar-refractivity contribution < 1.29 is 13.9 Å². The fourth-order valence-electron chi connectivity index (χ4n) is 3.67. The monoisotopic (exact) mass is 386 g/mol. The topological polar surface area (TPSA) is 113 Å². The summed E-state index contributed by atoms with van der Waals surface area (Å²) < 4.78 is 21.3. The average molecular weight is 386 g/mol. The minimum Gasteiger partial charge on any atom is -0.465 e. The second-order valence-electron chi connectivity index (χ2n) is 7.18. The number of nitrogens with zero attached hydrogens (tertiary/aromatic N) is 6. The van der Waals surface area contributed by atoms with E-state index >= 15 is 0 Å². The van der Waals surface area contributed by atoms with Crippen LogP contribution in [0.4, 0.5) is 10.2 Å². The second-order valence-corrected chi connectivity index (χ2v) is 7.18. The van der Waals surface area contributed by atoms with E-state index in [0.29, 0.717) is 25.3 Å². The molecule has 0 N–H and O–H groups in total. The molecular weight excluding hydrogens is 367 g/mol. The average Bonchev–Trinajstić information content (AvgIpc) is 3.43. The molecule has 0 bridgehead atoms. The zero-order valence-corrected chi connectivity index (χ0v) is 15.3. The van der Waals surface area contributed by atoms with E-state index in [2.05, 4.69) is 15.0 Å². The lowest BCUT2D eigenvalue weighted by Crippen LogP contribution is -2.25. The first kappa shape index (κ1) is 18.2. The maximum atomic E-state index is 14.8. The molecule has 10 heteroatoms. The standard InChI is InChI=1S/C18H19FN6O3/c1-28-18(27)13-9-25(11-2-3-11)16-12(15(13)26)6-14(19)17(22-16)24-5-4-10(8-24)7-21-23-20/h6,9-11H,2-5,7-8H2,1H3. The van der Waals surface area contributed by atoms with Gasteiger partial charge in [-0.05, 0) is 36.8 Å². The molecule has 2 aliphatic rings. The Morgan fingerprint density at radius 3 is 2.93 bits per heavy atom. The molecule has 1 aliphatic heterocycles. The fourth-order valence-corrected chi connectivity index (χ4v) is 3.67. The molecule has 28 heavy (non-hydrogen) atoms. The number of anilines is 1. The lowest BCUT2D eigenvalue weighted by molar-refractivity contribution is 0.0598. The summed E-state index contributed by atoms with van der Waals surface area (Å²) in [5.41, 5.74) is 8.14. The van der Waals surface area contributed by atoms with Crippen LogP contribution < -0.4 is 10.3 Å². The number of aromatic nitrogens is 2. The van der Waals surface area contributed by atoms with Crippen LogP contribution in [0.3, 0.4) is 0 Å². The molecule has 2 fully saturated rings. The van der Waals surface area contributed by atoms with Gasteiger partial charge in [0.15, 0.2) is 11.6 Å². The van der Waals surface area contributed by atoms with E-state index in [1.807, 2.05) is 4.90 Å². The SMILES string of the molecule is COC(=O)c1cn(C2CC2)c2nc(N3CCC(CN=[N+]=[N-])C3)c(F)cc2c1=O. The lowest BCUT2D eigenvalue weighted by Gasteiger charge is -2.20. The number of halogens is 1. The van der Waals surface area contributed by atoms with Crippen LogP contribution in [0.5, 0.6) is 0 Å². The first-order valence-corrected chi connectivity index (χ1v) is 9.13. The highest BCUT2D eigenvalue weighted by atomic mass is 19.1. The van der Waals surface area contributed by atoms with Crippen LogP contribution >= 0.6 is 0 Å². The molecule has 2 aromatic heterocycles. The molecule has 1 atom stereocenters.